The van der Waals surface area contributed by atoms with Gasteiger partial charge in [0.2, 0.25) is 0 Å². The summed E-state index contributed by atoms with van der Waals surface area (Å²) in [5, 5.41) is 4.16. The van der Waals surface area contributed by atoms with E-state index in [-0.39, 0.29) is 6.04 Å². The van der Waals surface area contributed by atoms with Gasteiger partial charge in [0.1, 0.15) is 0 Å². The van der Waals surface area contributed by atoms with Crippen LogP contribution in [0.4, 0.5) is 0 Å². The molecular formula is C13H16ClN. The molecule has 15 heavy (non-hydrogen) atoms. The molecule has 2 heteroatoms. The van der Waals surface area contributed by atoms with E-state index in [9.17, 15) is 0 Å². The molecule has 0 saturated carbocycles. The van der Waals surface area contributed by atoms with E-state index in [0.717, 1.165) is 17.1 Å². The first-order valence-electron chi connectivity index (χ1n) is 5.12. The van der Waals surface area contributed by atoms with Crippen molar-refractivity contribution in [2.75, 3.05) is 6.54 Å². The van der Waals surface area contributed by atoms with Crippen LogP contribution in [0.15, 0.2) is 18.2 Å². The fourth-order valence-corrected chi connectivity index (χ4v) is 1.67. The van der Waals surface area contributed by atoms with Crippen molar-refractivity contribution >= 4 is 11.6 Å². The summed E-state index contributed by atoms with van der Waals surface area (Å²) in [6.07, 6.45) is 6.05. The average Bonchev–Trinajstić information content (AvgIpc) is 2.22. The SMILES string of the molecule is C#CCC(NCC)c1ccc(Cl)c(C)c1. The van der Waals surface area contributed by atoms with Gasteiger partial charge in [-0.2, -0.15) is 0 Å². The highest BCUT2D eigenvalue weighted by molar-refractivity contribution is 6.31. The van der Waals surface area contributed by atoms with E-state index in [4.69, 9.17) is 18.0 Å². The number of hydrogen-bond acceptors (Lipinski definition) is 1. The topological polar surface area (TPSA) is 12.0 Å². The van der Waals surface area contributed by atoms with E-state index >= 15 is 0 Å². The maximum atomic E-state index is 5.98. The van der Waals surface area contributed by atoms with Crippen molar-refractivity contribution in [2.45, 2.75) is 26.3 Å². The minimum absolute atomic E-state index is 0.232. The highest BCUT2D eigenvalue weighted by Gasteiger charge is 2.09. The van der Waals surface area contributed by atoms with Crippen LogP contribution in [0, 0.1) is 19.3 Å². The molecule has 0 spiro atoms. The Labute approximate surface area is 96.8 Å². The van der Waals surface area contributed by atoms with Gasteiger partial charge >= 0.3 is 0 Å². The number of hydrogen-bond donors (Lipinski definition) is 1. The summed E-state index contributed by atoms with van der Waals surface area (Å²) in [6, 6.07) is 6.27. The molecule has 0 bridgehead atoms. The third-order valence-corrected chi connectivity index (χ3v) is 2.78. The first-order valence-corrected chi connectivity index (χ1v) is 5.49. The third-order valence-electron chi connectivity index (χ3n) is 2.36. The summed E-state index contributed by atoms with van der Waals surface area (Å²) in [6.45, 7) is 4.99. The Kier molecular flexibility index (Phi) is 4.68. The zero-order chi connectivity index (χ0) is 11.3. The molecule has 0 radical (unpaired) electrons. The fourth-order valence-electron chi connectivity index (χ4n) is 1.56. The van der Waals surface area contributed by atoms with Gasteiger partial charge in [-0.15, -0.1) is 12.3 Å². The average molecular weight is 222 g/mol. The van der Waals surface area contributed by atoms with E-state index in [2.05, 4.69) is 24.2 Å². The van der Waals surface area contributed by atoms with Crippen LogP contribution in [-0.4, -0.2) is 6.54 Å². The molecule has 0 heterocycles. The predicted octanol–water partition coefficient (Wildman–Crippen LogP) is 3.32. The molecule has 1 N–H and O–H groups in total. The summed E-state index contributed by atoms with van der Waals surface area (Å²) < 4.78 is 0. The lowest BCUT2D eigenvalue weighted by molar-refractivity contribution is 0.565. The predicted molar refractivity (Wildman–Crippen MR) is 66.1 cm³/mol. The van der Waals surface area contributed by atoms with Gasteiger partial charge in [0, 0.05) is 17.5 Å². The van der Waals surface area contributed by atoms with Crippen LogP contribution in [-0.2, 0) is 0 Å². The maximum absolute atomic E-state index is 5.98. The molecule has 80 valence electrons. The fraction of sp³-hybridized carbons (Fsp3) is 0.385. The number of aryl methyl sites for hydroxylation is 1. The van der Waals surface area contributed by atoms with Crippen molar-refractivity contribution in [1.82, 2.24) is 5.32 Å². The molecule has 0 aliphatic heterocycles. The summed E-state index contributed by atoms with van der Waals surface area (Å²) in [5.74, 6) is 2.69. The number of terminal acetylenes is 1. The van der Waals surface area contributed by atoms with Gasteiger partial charge in [0.25, 0.3) is 0 Å². The van der Waals surface area contributed by atoms with Gasteiger partial charge in [-0.25, -0.2) is 0 Å². The normalized spacial score (nSPS) is 12.1. The largest absolute Gasteiger partial charge is 0.309 e. The molecule has 0 fully saturated rings. The van der Waals surface area contributed by atoms with E-state index in [1.54, 1.807) is 0 Å². The molecule has 1 nitrogen and oxygen atoms in total. The van der Waals surface area contributed by atoms with Crippen LogP contribution in [0.25, 0.3) is 0 Å². The smallest absolute Gasteiger partial charge is 0.0435 e. The molecule has 1 unspecified atom stereocenters. The molecule has 1 atom stereocenters. The molecule has 0 amide bonds. The summed E-state index contributed by atoms with van der Waals surface area (Å²) in [5.41, 5.74) is 2.30. The molecule has 0 aromatic heterocycles. The zero-order valence-corrected chi connectivity index (χ0v) is 9.93. The first kappa shape index (κ1) is 12.1. The van der Waals surface area contributed by atoms with Crippen molar-refractivity contribution in [3.8, 4) is 12.3 Å². The molecule has 1 aromatic carbocycles. The quantitative estimate of drug-likeness (QED) is 0.770. The Hall–Kier alpha value is -0.970. The van der Waals surface area contributed by atoms with Crippen LogP contribution in [0.5, 0.6) is 0 Å². The van der Waals surface area contributed by atoms with Crippen LogP contribution >= 0.6 is 11.6 Å². The van der Waals surface area contributed by atoms with Gasteiger partial charge in [0.05, 0.1) is 0 Å². The van der Waals surface area contributed by atoms with Gasteiger partial charge in [-0.1, -0.05) is 30.7 Å². The third kappa shape index (κ3) is 3.27. The molecule has 1 aromatic rings. The number of halogens is 1. The van der Waals surface area contributed by atoms with Crippen LogP contribution < -0.4 is 5.32 Å². The molecule has 0 aliphatic carbocycles. The minimum atomic E-state index is 0.232. The van der Waals surface area contributed by atoms with Crippen molar-refractivity contribution in [3.63, 3.8) is 0 Å². The summed E-state index contributed by atoms with van der Waals surface area (Å²) >= 11 is 5.98. The number of rotatable bonds is 4. The lowest BCUT2D eigenvalue weighted by Gasteiger charge is -2.16. The summed E-state index contributed by atoms with van der Waals surface area (Å²) in [7, 11) is 0. The van der Waals surface area contributed by atoms with Gasteiger partial charge in [-0.05, 0) is 30.7 Å². The number of benzene rings is 1. The van der Waals surface area contributed by atoms with Crippen molar-refractivity contribution in [2.24, 2.45) is 0 Å². The summed E-state index contributed by atoms with van der Waals surface area (Å²) in [4.78, 5) is 0. The first-order chi connectivity index (χ1) is 7.19. The highest BCUT2D eigenvalue weighted by atomic mass is 35.5. The molecular weight excluding hydrogens is 206 g/mol. The Morgan fingerprint density at radius 1 is 1.53 bits per heavy atom. The van der Waals surface area contributed by atoms with Crippen LogP contribution in [0.2, 0.25) is 5.02 Å². The van der Waals surface area contributed by atoms with Gasteiger partial charge in [0.15, 0.2) is 0 Å². The Morgan fingerprint density at radius 2 is 2.27 bits per heavy atom. The Morgan fingerprint density at radius 3 is 2.80 bits per heavy atom. The van der Waals surface area contributed by atoms with Crippen molar-refractivity contribution in [3.05, 3.63) is 34.3 Å². The molecule has 0 saturated heterocycles. The Balaban J connectivity index is 2.91. The second-order valence-electron chi connectivity index (χ2n) is 3.53. The Bertz CT molecular complexity index is 365. The zero-order valence-electron chi connectivity index (χ0n) is 9.18. The van der Waals surface area contributed by atoms with Gasteiger partial charge < -0.3 is 5.32 Å². The van der Waals surface area contributed by atoms with Crippen molar-refractivity contribution in [1.29, 1.82) is 0 Å². The van der Waals surface area contributed by atoms with Crippen molar-refractivity contribution < 1.29 is 0 Å². The second kappa shape index (κ2) is 5.80. The second-order valence-corrected chi connectivity index (χ2v) is 3.93. The molecule has 0 aliphatic rings. The standard InChI is InChI=1S/C13H16ClN/c1-4-6-13(15-5-2)11-7-8-12(14)10(3)9-11/h1,7-9,13,15H,5-6H2,2-3H3. The monoisotopic (exact) mass is 221 g/mol. The lowest BCUT2D eigenvalue weighted by Crippen LogP contribution is -2.20. The number of nitrogens with one attached hydrogen (secondary N) is 1. The van der Waals surface area contributed by atoms with Crippen LogP contribution in [0.1, 0.15) is 30.5 Å². The maximum Gasteiger partial charge on any atom is 0.0435 e. The molecule has 1 rings (SSSR count). The van der Waals surface area contributed by atoms with Crippen LogP contribution in [0.3, 0.4) is 0 Å². The van der Waals surface area contributed by atoms with E-state index in [0.29, 0.717) is 6.42 Å². The van der Waals surface area contributed by atoms with E-state index in [1.165, 1.54) is 5.56 Å². The van der Waals surface area contributed by atoms with E-state index in [1.807, 2.05) is 19.1 Å². The minimum Gasteiger partial charge on any atom is -0.309 e. The lowest BCUT2D eigenvalue weighted by atomic mass is 10.0. The van der Waals surface area contributed by atoms with Gasteiger partial charge in [-0.3, -0.25) is 0 Å². The highest BCUT2D eigenvalue weighted by Crippen LogP contribution is 2.22. The van der Waals surface area contributed by atoms with E-state index < -0.39 is 0 Å².